The third-order valence-electron chi connectivity index (χ3n) is 9.25. The highest BCUT2D eigenvalue weighted by Crippen LogP contribution is 2.64. The Bertz CT molecular complexity index is 2130. The van der Waals surface area contributed by atoms with E-state index in [-0.39, 0.29) is 5.56 Å². The van der Waals surface area contributed by atoms with Crippen LogP contribution >= 0.6 is 0 Å². The minimum absolute atomic E-state index is 0.0871. The van der Waals surface area contributed by atoms with Gasteiger partial charge >= 0.3 is 59.0 Å². The van der Waals surface area contributed by atoms with Gasteiger partial charge in [0.2, 0.25) is 0 Å². The van der Waals surface area contributed by atoms with Crippen molar-refractivity contribution in [2.75, 3.05) is 0 Å². The number of hydrogen-bond donors (Lipinski definition) is 0. The van der Waals surface area contributed by atoms with Crippen molar-refractivity contribution in [2.24, 2.45) is 0 Å². The van der Waals surface area contributed by atoms with E-state index in [0.717, 1.165) is 28.8 Å². The predicted molar refractivity (Wildman–Crippen MR) is 166 cm³/mol. The minimum atomic E-state index is -8.69. The summed E-state index contributed by atoms with van der Waals surface area (Å²) in [5.74, 6) is -56.8. The maximum Gasteiger partial charge on any atom is 0.460 e. The molecule has 57 heavy (non-hydrogen) atoms. The summed E-state index contributed by atoms with van der Waals surface area (Å²) in [6.07, 6.45) is -8.49. The fourth-order valence-corrected chi connectivity index (χ4v) is 5.98. The second kappa shape index (κ2) is 14.1. The standard InChI is InChI=1S/C35H24F17N3O2/c36-28(37,29(38,39)30(40,41)31(42,43)32(44,45)33(46,47)34(48,49)35(50,51)52)18-17-20-11-13-21(14-12-20)19-53-26(56)54-24(22-7-3-1-4-8-22)15-16-25(55(54)27(53)57)23-9-5-2-6-10-23/h1-16,24-25H,17-19H2/t24-,25+. The Labute approximate surface area is 308 Å². The molecular formula is C35H24F17N3O2. The Morgan fingerprint density at radius 1 is 0.439 bits per heavy atom. The summed E-state index contributed by atoms with van der Waals surface area (Å²) < 4.78 is 235. The van der Waals surface area contributed by atoms with Crippen LogP contribution in [0.3, 0.4) is 0 Å². The first kappa shape index (κ1) is 43.1. The number of aromatic nitrogens is 3. The molecule has 0 saturated carbocycles. The van der Waals surface area contributed by atoms with Gasteiger partial charge in [0.05, 0.1) is 18.6 Å². The first-order chi connectivity index (χ1) is 26.1. The van der Waals surface area contributed by atoms with Gasteiger partial charge in [-0.25, -0.2) is 23.5 Å². The second-order valence-corrected chi connectivity index (χ2v) is 12.9. The summed E-state index contributed by atoms with van der Waals surface area (Å²) in [4.78, 5) is 27.5. The summed E-state index contributed by atoms with van der Waals surface area (Å²) in [6, 6.07) is 19.3. The van der Waals surface area contributed by atoms with Crippen molar-refractivity contribution >= 4 is 0 Å². The van der Waals surface area contributed by atoms with Crippen LogP contribution in [0, 0.1) is 0 Å². The Balaban J connectivity index is 1.38. The zero-order valence-electron chi connectivity index (χ0n) is 28.1. The van der Waals surface area contributed by atoms with Crippen molar-refractivity contribution in [2.45, 2.75) is 79.1 Å². The smallest absolute Gasteiger partial charge is 0.246 e. The molecule has 0 saturated heterocycles. The summed E-state index contributed by atoms with van der Waals surface area (Å²) in [5, 5.41) is 0. The number of rotatable bonds is 13. The third-order valence-corrected chi connectivity index (χ3v) is 9.25. The topological polar surface area (TPSA) is 48.9 Å². The van der Waals surface area contributed by atoms with Crippen molar-refractivity contribution in [3.63, 3.8) is 0 Å². The Hall–Kier alpha value is -5.05. The van der Waals surface area contributed by atoms with Gasteiger partial charge in [0, 0.05) is 6.42 Å². The van der Waals surface area contributed by atoms with Gasteiger partial charge in [-0.2, -0.15) is 74.6 Å². The summed E-state index contributed by atoms with van der Waals surface area (Å²) >= 11 is 0. The Kier molecular flexibility index (Phi) is 10.7. The zero-order chi connectivity index (χ0) is 42.8. The largest absolute Gasteiger partial charge is 0.460 e. The molecule has 0 radical (unpaired) electrons. The van der Waals surface area contributed by atoms with Crippen molar-refractivity contribution in [1.82, 2.24) is 13.9 Å². The van der Waals surface area contributed by atoms with Crippen LogP contribution in [-0.4, -0.2) is 61.6 Å². The number of hydrogen-bond acceptors (Lipinski definition) is 2. The lowest BCUT2D eigenvalue weighted by atomic mass is 9.87. The lowest BCUT2D eigenvalue weighted by Gasteiger charge is -2.42. The fraction of sp³-hybridized carbons (Fsp3) is 0.371. The van der Waals surface area contributed by atoms with E-state index >= 15 is 0 Å². The molecule has 2 heterocycles. The molecule has 0 fully saturated rings. The molecule has 310 valence electrons. The normalized spacial score (nSPS) is 17.5. The molecule has 0 bridgehead atoms. The lowest BCUT2D eigenvalue weighted by Crippen LogP contribution is -2.74. The highest BCUT2D eigenvalue weighted by Gasteiger charge is 2.95. The molecule has 0 spiro atoms. The molecule has 0 N–H and O–H groups in total. The van der Waals surface area contributed by atoms with E-state index in [1.165, 1.54) is 9.36 Å². The second-order valence-electron chi connectivity index (χ2n) is 12.9. The predicted octanol–water partition coefficient (Wildman–Crippen LogP) is 9.55. The molecule has 4 aromatic rings. The van der Waals surface area contributed by atoms with E-state index in [0.29, 0.717) is 11.1 Å². The number of allylic oxidation sites excluding steroid dienone is 2. The van der Waals surface area contributed by atoms with Crippen LogP contribution in [-0.2, 0) is 13.0 Å². The van der Waals surface area contributed by atoms with Gasteiger partial charge in [-0.05, 0) is 28.7 Å². The van der Waals surface area contributed by atoms with Gasteiger partial charge in [-0.3, -0.25) is 0 Å². The van der Waals surface area contributed by atoms with E-state index in [4.69, 9.17) is 0 Å². The number of aryl methyl sites for hydroxylation is 1. The van der Waals surface area contributed by atoms with E-state index < -0.39 is 96.0 Å². The molecule has 0 amide bonds. The van der Waals surface area contributed by atoms with E-state index in [1.807, 2.05) is 0 Å². The lowest BCUT2D eigenvalue weighted by molar-refractivity contribution is -0.461. The summed E-state index contributed by atoms with van der Waals surface area (Å²) in [7, 11) is 0. The van der Waals surface area contributed by atoms with Crippen molar-refractivity contribution in [3.05, 3.63) is 140 Å². The quantitative estimate of drug-likeness (QED) is 0.0996. The molecule has 0 unspecified atom stereocenters. The third kappa shape index (κ3) is 6.70. The molecule has 1 aliphatic heterocycles. The fourth-order valence-electron chi connectivity index (χ4n) is 5.98. The van der Waals surface area contributed by atoms with Gasteiger partial charge in [0.25, 0.3) is 0 Å². The molecule has 1 aromatic heterocycles. The Morgan fingerprint density at radius 2 is 0.789 bits per heavy atom. The summed E-state index contributed by atoms with van der Waals surface area (Å²) in [6.45, 7) is -0.490. The maximum atomic E-state index is 14.5. The molecule has 2 atom stereocenters. The number of nitrogens with zero attached hydrogens (tertiary/aromatic N) is 3. The molecule has 3 aromatic carbocycles. The Morgan fingerprint density at radius 3 is 1.18 bits per heavy atom. The first-order valence-corrected chi connectivity index (χ1v) is 16.1. The van der Waals surface area contributed by atoms with Crippen LogP contribution in [0.1, 0.15) is 40.8 Å². The van der Waals surface area contributed by atoms with Gasteiger partial charge in [-0.15, -0.1) is 0 Å². The number of halogens is 17. The minimum Gasteiger partial charge on any atom is -0.246 e. The molecular weight excluding hydrogens is 817 g/mol. The average Bonchev–Trinajstić information content (AvgIpc) is 3.39. The zero-order valence-corrected chi connectivity index (χ0v) is 28.1. The van der Waals surface area contributed by atoms with Crippen LogP contribution in [0.15, 0.2) is 107 Å². The van der Waals surface area contributed by atoms with Crippen LogP contribution in [0.5, 0.6) is 0 Å². The summed E-state index contributed by atoms with van der Waals surface area (Å²) in [5.41, 5.74) is -0.762. The number of alkyl halides is 17. The van der Waals surface area contributed by atoms with Crippen molar-refractivity contribution in [3.8, 4) is 0 Å². The van der Waals surface area contributed by atoms with Crippen LogP contribution < -0.4 is 11.4 Å². The van der Waals surface area contributed by atoms with Crippen molar-refractivity contribution < 1.29 is 74.6 Å². The highest BCUT2D eigenvalue weighted by atomic mass is 19.4. The van der Waals surface area contributed by atoms with E-state index in [1.54, 1.807) is 72.8 Å². The van der Waals surface area contributed by atoms with Crippen LogP contribution in [0.4, 0.5) is 74.6 Å². The monoisotopic (exact) mass is 841 g/mol. The maximum absolute atomic E-state index is 14.5. The van der Waals surface area contributed by atoms with Gasteiger partial charge in [0.15, 0.2) is 0 Å². The molecule has 5 rings (SSSR count). The number of fused-ring (bicyclic) bond motifs is 1. The molecule has 5 nitrogen and oxygen atoms in total. The highest BCUT2D eigenvalue weighted by molar-refractivity contribution is 5.31. The van der Waals surface area contributed by atoms with Crippen LogP contribution in [0.2, 0.25) is 0 Å². The molecule has 22 heteroatoms. The van der Waals surface area contributed by atoms with Crippen molar-refractivity contribution in [1.29, 1.82) is 0 Å². The SMILES string of the molecule is O=c1n(Cc2ccc(CCC(F)(F)C(F)(F)C(F)(F)C(F)(F)C(F)(F)C(F)(F)C(F)(F)C(F)(F)F)cc2)c(=O)n2n1[C@@H](c1ccccc1)C=C[C@H]2c1ccccc1. The van der Waals surface area contributed by atoms with Gasteiger partial charge < -0.3 is 0 Å². The van der Waals surface area contributed by atoms with Gasteiger partial charge in [0.1, 0.15) is 0 Å². The first-order valence-electron chi connectivity index (χ1n) is 16.1. The molecule has 1 aliphatic rings. The van der Waals surface area contributed by atoms with E-state index in [9.17, 15) is 84.2 Å². The molecule has 0 aliphatic carbocycles. The number of benzene rings is 3. The van der Waals surface area contributed by atoms with Gasteiger partial charge in [-0.1, -0.05) is 97.1 Å². The average molecular weight is 842 g/mol. The van der Waals surface area contributed by atoms with Crippen LogP contribution in [0.25, 0.3) is 0 Å². The van der Waals surface area contributed by atoms with E-state index in [2.05, 4.69) is 0 Å².